The molecule has 2 fully saturated rings. The van der Waals surface area contributed by atoms with Gasteiger partial charge in [0, 0.05) is 67.5 Å². The molecule has 1 amide bonds. The number of hydrogen-bond acceptors (Lipinski definition) is 5. The normalized spacial score (nSPS) is 26.2. The van der Waals surface area contributed by atoms with Gasteiger partial charge in [0.2, 0.25) is 5.91 Å². The molecular formula is C21H23FN4O2S. The van der Waals surface area contributed by atoms with Crippen molar-refractivity contribution in [1.29, 1.82) is 0 Å². The van der Waals surface area contributed by atoms with E-state index in [1.807, 2.05) is 27.6 Å². The van der Waals surface area contributed by atoms with Gasteiger partial charge >= 0.3 is 0 Å². The summed E-state index contributed by atoms with van der Waals surface area (Å²) in [4.78, 5) is 34.4. The van der Waals surface area contributed by atoms with Crippen molar-refractivity contribution in [3.8, 4) is 0 Å². The Labute approximate surface area is 172 Å². The van der Waals surface area contributed by atoms with E-state index in [-0.39, 0.29) is 29.1 Å². The van der Waals surface area contributed by atoms with Gasteiger partial charge in [-0.1, -0.05) is 6.07 Å². The molecule has 6 nitrogen and oxygen atoms in total. The van der Waals surface area contributed by atoms with E-state index in [9.17, 15) is 14.0 Å². The van der Waals surface area contributed by atoms with E-state index in [1.54, 1.807) is 22.9 Å². The van der Waals surface area contributed by atoms with Crippen LogP contribution in [0.4, 0.5) is 10.2 Å². The number of hydrogen-bond donors (Lipinski definition) is 0. The van der Waals surface area contributed by atoms with Gasteiger partial charge in [-0.2, -0.15) is 11.8 Å². The molecule has 152 valence electrons. The van der Waals surface area contributed by atoms with Crippen LogP contribution < -0.4 is 10.5 Å². The minimum absolute atomic E-state index is 0.0200. The molecule has 3 aliphatic heterocycles. The lowest BCUT2D eigenvalue weighted by Gasteiger charge is -2.47. The number of aromatic nitrogens is 2. The number of pyridine rings is 2. The maximum Gasteiger partial charge on any atom is 0.251 e. The summed E-state index contributed by atoms with van der Waals surface area (Å²) in [6, 6.07) is 7.69. The maximum absolute atomic E-state index is 14.4. The van der Waals surface area contributed by atoms with Gasteiger partial charge in [-0.15, -0.1) is 0 Å². The van der Waals surface area contributed by atoms with E-state index in [1.165, 1.54) is 12.1 Å². The fourth-order valence-corrected chi connectivity index (χ4v) is 5.91. The van der Waals surface area contributed by atoms with Gasteiger partial charge in [-0.25, -0.2) is 9.37 Å². The number of carbonyl (C=O) groups excluding carboxylic acids is 1. The Morgan fingerprint density at radius 1 is 1.14 bits per heavy atom. The third-order valence-corrected chi connectivity index (χ3v) is 7.20. The van der Waals surface area contributed by atoms with Gasteiger partial charge in [0.15, 0.2) is 11.6 Å². The molecule has 3 aliphatic rings. The van der Waals surface area contributed by atoms with Crippen LogP contribution in [0.2, 0.25) is 0 Å². The van der Waals surface area contributed by atoms with Crippen LogP contribution in [0.1, 0.15) is 24.1 Å². The molecule has 0 unspecified atom stereocenters. The number of amides is 1. The molecule has 2 aromatic rings. The molecule has 0 aromatic carbocycles. The first-order valence-corrected chi connectivity index (χ1v) is 11.2. The average molecular weight is 415 g/mol. The molecule has 0 saturated carbocycles. The third-order valence-electron chi connectivity index (χ3n) is 6.26. The first-order chi connectivity index (χ1) is 14.1. The lowest BCUT2D eigenvalue weighted by atomic mass is 9.78. The Morgan fingerprint density at radius 2 is 1.97 bits per heavy atom. The van der Waals surface area contributed by atoms with Crippen LogP contribution in [0.25, 0.3) is 0 Å². The topological polar surface area (TPSA) is 58.4 Å². The highest BCUT2D eigenvalue weighted by atomic mass is 32.2. The number of carbonyl (C=O) groups is 1. The van der Waals surface area contributed by atoms with Crippen molar-refractivity contribution in [3.63, 3.8) is 0 Å². The van der Waals surface area contributed by atoms with Crippen molar-refractivity contribution in [2.75, 3.05) is 42.6 Å². The van der Waals surface area contributed by atoms with E-state index in [0.717, 1.165) is 23.6 Å². The average Bonchev–Trinajstić information content (AvgIpc) is 2.75. The van der Waals surface area contributed by atoms with Crippen LogP contribution in [0.5, 0.6) is 0 Å². The fourth-order valence-electron chi connectivity index (χ4n) is 5.01. The number of fused-ring (bicyclic) bond motifs is 4. The van der Waals surface area contributed by atoms with Gasteiger partial charge in [0.1, 0.15) is 6.04 Å². The van der Waals surface area contributed by atoms with Gasteiger partial charge in [0.05, 0.1) is 0 Å². The molecule has 5 rings (SSSR count). The molecule has 2 bridgehead atoms. The second-order valence-electron chi connectivity index (χ2n) is 7.95. The van der Waals surface area contributed by atoms with Gasteiger partial charge in [-0.05, 0) is 24.6 Å². The third kappa shape index (κ3) is 3.23. The van der Waals surface area contributed by atoms with E-state index < -0.39 is 6.04 Å². The highest BCUT2D eigenvalue weighted by molar-refractivity contribution is 7.99. The molecule has 8 heteroatoms. The quantitative estimate of drug-likeness (QED) is 0.754. The maximum atomic E-state index is 14.4. The van der Waals surface area contributed by atoms with Gasteiger partial charge in [0.25, 0.3) is 5.56 Å². The van der Waals surface area contributed by atoms with E-state index in [0.29, 0.717) is 32.0 Å². The molecule has 3 atom stereocenters. The number of thioether (sulfide) groups is 1. The summed E-state index contributed by atoms with van der Waals surface area (Å²) in [7, 11) is 0. The van der Waals surface area contributed by atoms with Crippen molar-refractivity contribution in [2.24, 2.45) is 5.92 Å². The van der Waals surface area contributed by atoms with Crippen LogP contribution in [-0.4, -0.2) is 58.0 Å². The van der Waals surface area contributed by atoms with Gasteiger partial charge in [-0.3, -0.25) is 14.2 Å². The lowest BCUT2D eigenvalue weighted by Crippen LogP contribution is -2.55. The minimum atomic E-state index is -0.535. The summed E-state index contributed by atoms with van der Waals surface area (Å²) in [5.41, 5.74) is 0.749. The molecule has 0 N–H and O–H groups in total. The Bertz CT molecular complexity index is 991. The van der Waals surface area contributed by atoms with Crippen molar-refractivity contribution >= 4 is 23.5 Å². The first kappa shape index (κ1) is 18.7. The largest absolute Gasteiger partial charge is 0.353 e. The number of halogens is 1. The number of nitrogens with zero attached hydrogens (tertiary/aromatic N) is 4. The summed E-state index contributed by atoms with van der Waals surface area (Å²) >= 11 is 1.85. The van der Waals surface area contributed by atoms with Crippen molar-refractivity contribution in [3.05, 3.63) is 58.4 Å². The smallest absolute Gasteiger partial charge is 0.251 e. The molecule has 0 radical (unpaired) electrons. The Hall–Kier alpha value is -2.35. The molecule has 2 aromatic heterocycles. The monoisotopic (exact) mass is 414 g/mol. The molecule has 0 spiro atoms. The zero-order valence-corrected chi connectivity index (χ0v) is 16.9. The highest BCUT2D eigenvalue weighted by Crippen LogP contribution is 2.43. The van der Waals surface area contributed by atoms with Crippen molar-refractivity contribution in [1.82, 2.24) is 14.5 Å². The second kappa shape index (κ2) is 7.48. The fraction of sp³-hybridized carbons (Fsp3) is 0.476. The summed E-state index contributed by atoms with van der Waals surface area (Å²) in [5, 5.41) is 0. The van der Waals surface area contributed by atoms with Gasteiger partial charge < -0.3 is 9.80 Å². The van der Waals surface area contributed by atoms with E-state index in [4.69, 9.17) is 0 Å². The van der Waals surface area contributed by atoms with Crippen molar-refractivity contribution in [2.45, 2.75) is 18.4 Å². The molecule has 2 saturated heterocycles. The first-order valence-electron chi connectivity index (χ1n) is 10.1. The zero-order chi connectivity index (χ0) is 20.0. The number of piperidine rings is 1. The number of rotatable bonds is 2. The highest BCUT2D eigenvalue weighted by Gasteiger charge is 2.45. The lowest BCUT2D eigenvalue weighted by molar-refractivity contribution is -0.137. The van der Waals surface area contributed by atoms with Crippen LogP contribution in [0.15, 0.2) is 41.3 Å². The summed E-state index contributed by atoms with van der Waals surface area (Å²) in [6.07, 6.45) is 2.42. The van der Waals surface area contributed by atoms with E-state index >= 15 is 0 Å². The zero-order valence-electron chi connectivity index (χ0n) is 16.0. The standard InChI is InChI=1S/C21H23FN4O2S/c22-16-3-2-6-23-20(16)25-12-14-11-15(13-25)19(21(28)24-7-9-29-10-8-24)26-17(14)4-1-5-18(26)27/h1-6,14-15,19H,7-13H2/t14-,15+,19+/m0/s1. The minimum Gasteiger partial charge on any atom is -0.353 e. The molecule has 5 heterocycles. The van der Waals surface area contributed by atoms with Crippen LogP contribution in [-0.2, 0) is 4.79 Å². The predicted molar refractivity (Wildman–Crippen MR) is 111 cm³/mol. The summed E-state index contributed by atoms with van der Waals surface area (Å²) in [6.45, 7) is 2.54. The molecular weight excluding hydrogens is 391 g/mol. The predicted octanol–water partition coefficient (Wildman–Crippen LogP) is 2.12. The molecule has 29 heavy (non-hydrogen) atoms. The van der Waals surface area contributed by atoms with E-state index in [2.05, 4.69) is 4.98 Å². The van der Waals surface area contributed by atoms with Crippen LogP contribution >= 0.6 is 11.8 Å². The molecule has 0 aliphatic carbocycles. The van der Waals surface area contributed by atoms with Crippen molar-refractivity contribution < 1.29 is 9.18 Å². The SMILES string of the molecule is O=C([C@H]1[C@@H]2C[C@@H](CN(c3ncccc3F)C2)c2cccc(=O)n21)N1CCSCC1. The van der Waals surface area contributed by atoms with Crippen LogP contribution in [0, 0.1) is 11.7 Å². The van der Waals surface area contributed by atoms with Crippen LogP contribution in [0.3, 0.4) is 0 Å². The summed E-state index contributed by atoms with van der Waals surface area (Å²) < 4.78 is 16.1. The Kier molecular flexibility index (Phi) is 4.81. The summed E-state index contributed by atoms with van der Waals surface area (Å²) in [5.74, 6) is 1.87. The Morgan fingerprint density at radius 3 is 2.76 bits per heavy atom. The number of anilines is 1. The Balaban J connectivity index is 1.56. The second-order valence-corrected chi connectivity index (χ2v) is 9.17.